The molecule has 0 spiro atoms. The predicted molar refractivity (Wildman–Crippen MR) is 113 cm³/mol. The van der Waals surface area contributed by atoms with Crippen molar-refractivity contribution >= 4 is 22.7 Å². The number of nitrogens with one attached hydrogen (secondary N) is 2. The van der Waals surface area contributed by atoms with Gasteiger partial charge in [-0.3, -0.25) is 14.6 Å². The smallest absolute Gasteiger partial charge is 0.268 e. The standard InChI is InChI=1S/C23H25FN4O2/c1-15-11-17-13-19(26-21(17)14-25-15)22(29)27-20(12-16-5-7-18(24)8-6-16)23(30)28-9-3-2-4-10-28/h5-8,11,13-14,20,26H,2-4,9-10,12H2,1H3,(H,27,29). The topological polar surface area (TPSA) is 78.1 Å². The van der Waals surface area contributed by atoms with E-state index in [1.165, 1.54) is 12.1 Å². The second kappa shape index (κ2) is 8.65. The largest absolute Gasteiger partial charge is 0.349 e. The maximum atomic E-state index is 13.3. The number of fused-ring (bicyclic) bond motifs is 1. The zero-order valence-electron chi connectivity index (χ0n) is 17.0. The maximum absolute atomic E-state index is 13.3. The van der Waals surface area contributed by atoms with Crippen LogP contribution in [0.2, 0.25) is 0 Å². The second-order valence-electron chi connectivity index (χ2n) is 7.84. The van der Waals surface area contributed by atoms with Crippen LogP contribution < -0.4 is 5.32 Å². The van der Waals surface area contributed by atoms with Crippen LogP contribution in [0.4, 0.5) is 4.39 Å². The Balaban J connectivity index is 1.56. The highest BCUT2D eigenvalue weighted by Crippen LogP contribution is 2.17. The number of likely N-dealkylation sites (tertiary alicyclic amines) is 1. The van der Waals surface area contributed by atoms with Crippen molar-refractivity contribution < 1.29 is 14.0 Å². The molecule has 2 aromatic heterocycles. The lowest BCUT2D eigenvalue weighted by Crippen LogP contribution is -2.51. The Morgan fingerprint density at radius 3 is 2.63 bits per heavy atom. The number of hydrogen-bond acceptors (Lipinski definition) is 3. The second-order valence-corrected chi connectivity index (χ2v) is 7.84. The molecule has 1 fully saturated rings. The maximum Gasteiger partial charge on any atom is 0.268 e. The van der Waals surface area contributed by atoms with E-state index >= 15 is 0 Å². The molecular formula is C23H25FN4O2. The number of aromatic amines is 1. The van der Waals surface area contributed by atoms with Crippen LogP contribution in [-0.2, 0) is 11.2 Å². The van der Waals surface area contributed by atoms with Gasteiger partial charge in [0.2, 0.25) is 5.91 Å². The van der Waals surface area contributed by atoms with Gasteiger partial charge in [-0.05, 0) is 56.0 Å². The molecule has 1 atom stereocenters. The van der Waals surface area contributed by atoms with Crippen LogP contribution in [-0.4, -0.2) is 45.8 Å². The van der Waals surface area contributed by atoms with Gasteiger partial charge in [0.15, 0.2) is 0 Å². The molecule has 1 aliphatic heterocycles. The van der Waals surface area contributed by atoms with Crippen molar-refractivity contribution in [1.82, 2.24) is 20.2 Å². The van der Waals surface area contributed by atoms with Crippen LogP contribution in [0.25, 0.3) is 10.9 Å². The molecule has 0 saturated carbocycles. The summed E-state index contributed by atoms with van der Waals surface area (Å²) in [4.78, 5) is 35.2. The summed E-state index contributed by atoms with van der Waals surface area (Å²) in [5, 5.41) is 3.79. The van der Waals surface area contributed by atoms with Crippen molar-refractivity contribution in [3.05, 3.63) is 65.4 Å². The van der Waals surface area contributed by atoms with Crippen molar-refractivity contribution in [1.29, 1.82) is 0 Å². The van der Waals surface area contributed by atoms with Gasteiger partial charge in [-0.1, -0.05) is 12.1 Å². The molecule has 1 saturated heterocycles. The molecule has 156 valence electrons. The fourth-order valence-electron chi connectivity index (χ4n) is 3.89. The number of hydrogen-bond donors (Lipinski definition) is 2. The fourth-order valence-corrected chi connectivity index (χ4v) is 3.89. The van der Waals surface area contributed by atoms with Crippen LogP contribution in [0.3, 0.4) is 0 Å². The van der Waals surface area contributed by atoms with Crippen molar-refractivity contribution in [2.75, 3.05) is 13.1 Å². The molecule has 1 aliphatic rings. The summed E-state index contributed by atoms with van der Waals surface area (Å²) in [6, 6.07) is 8.98. The third-order valence-corrected chi connectivity index (χ3v) is 5.51. The number of amides is 2. The molecule has 0 bridgehead atoms. The highest BCUT2D eigenvalue weighted by Gasteiger charge is 2.28. The van der Waals surface area contributed by atoms with Crippen LogP contribution in [0, 0.1) is 12.7 Å². The molecule has 1 aromatic carbocycles. The first-order chi connectivity index (χ1) is 14.5. The number of aryl methyl sites for hydroxylation is 1. The highest BCUT2D eigenvalue weighted by molar-refractivity contribution is 6.00. The molecule has 0 radical (unpaired) electrons. The molecule has 2 N–H and O–H groups in total. The van der Waals surface area contributed by atoms with E-state index in [2.05, 4.69) is 15.3 Å². The van der Waals surface area contributed by atoms with Gasteiger partial charge in [-0.25, -0.2) is 4.39 Å². The Bertz CT molecular complexity index is 1050. The van der Waals surface area contributed by atoms with Crippen LogP contribution in [0.15, 0.2) is 42.6 Å². The van der Waals surface area contributed by atoms with Crippen molar-refractivity contribution in [2.24, 2.45) is 0 Å². The summed E-state index contributed by atoms with van der Waals surface area (Å²) < 4.78 is 13.3. The number of carbonyl (C=O) groups excluding carboxylic acids is 2. The van der Waals surface area contributed by atoms with Gasteiger partial charge in [0.1, 0.15) is 17.6 Å². The average molecular weight is 408 g/mol. The SMILES string of the molecule is Cc1cc2cc(C(=O)NC(Cc3ccc(F)cc3)C(=O)N3CCCCC3)[nH]c2cn1. The Kier molecular flexibility index (Phi) is 5.79. The van der Waals surface area contributed by atoms with Gasteiger partial charge in [0.05, 0.1) is 11.7 Å². The average Bonchev–Trinajstić information content (AvgIpc) is 3.18. The van der Waals surface area contributed by atoms with Crippen LogP contribution in [0.1, 0.15) is 41.0 Å². The van der Waals surface area contributed by atoms with E-state index in [4.69, 9.17) is 0 Å². The Hall–Kier alpha value is -3.22. The molecule has 3 aromatic rings. The van der Waals surface area contributed by atoms with Gasteiger partial charge in [0, 0.05) is 30.6 Å². The minimum Gasteiger partial charge on any atom is -0.349 e. The Morgan fingerprint density at radius 1 is 1.17 bits per heavy atom. The van der Waals surface area contributed by atoms with Crippen molar-refractivity contribution in [2.45, 2.75) is 38.6 Å². The van der Waals surface area contributed by atoms with E-state index in [-0.39, 0.29) is 17.6 Å². The number of rotatable bonds is 5. The lowest BCUT2D eigenvalue weighted by Gasteiger charge is -2.30. The molecule has 3 heterocycles. The molecule has 7 heteroatoms. The van der Waals surface area contributed by atoms with Gasteiger partial charge in [-0.15, -0.1) is 0 Å². The molecule has 6 nitrogen and oxygen atoms in total. The lowest BCUT2D eigenvalue weighted by molar-refractivity contribution is -0.134. The number of pyridine rings is 1. The van der Waals surface area contributed by atoms with E-state index in [0.29, 0.717) is 25.2 Å². The highest BCUT2D eigenvalue weighted by atomic mass is 19.1. The number of carbonyl (C=O) groups is 2. The van der Waals surface area contributed by atoms with Gasteiger partial charge < -0.3 is 15.2 Å². The first-order valence-electron chi connectivity index (χ1n) is 10.3. The third kappa shape index (κ3) is 4.50. The summed E-state index contributed by atoms with van der Waals surface area (Å²) in [6.45, 7) is 3.29. The molecule has 1 unspecified atom stereocenters. The normalized spacial score (nSPS) is 15.2. The number of H-pyrrole nitrogens is 1. The quantitative estimate of drug-likeness (QED) is 0.680. The molecular weight excluding hydrogens is 383 g/mol. The first kappa shape index (κ1) is 20.1. The summed E-state index contributed by atoms with van der Waals surface area (Å²) >= 11 is 0. The van der Waals surface area contributed by atoms with Gasteiger partial charge in [0.25, 0.3) is 5.91 Å². The first-order valence-corrected chi connectivity index (χ1v) is 10.3. The minimum atomic E-state index is -0.715. The zero-order chi connectivity index (χ0) is 21.1. The summed E-state index contributed by atoms with van der Waals surface area (Å²) in [7, 11) is 0. The van der Waals surface area contributed by atoms with Gasteiger partial charge in [-0.2, -0.15) is 0 Å². The molecule has 0 aliphatic carbocycles. The van der Waals surface area contributed by atoms with Crippen molar-refractivity contribution in [3.63, 3.8) is 0 Å². The van der Waals surface area contributed by atoms with E-state index in [9.17, 15) is 14.0 Å². The van der Waals surface area contributed by atoms with Crippen LogP contribution in [0.5, 0.6) is 0 Å². The summed E-state index contributed by atoms with van der Waals surface area (Å²) in [5.74, 6) is -0.772. The summed E-state index contributed by atoms with van der Waals surface area (Å²) in [6.07, 6.45) is 5.05. The molecule has 30 heavy (non-hydrogen) atoms. The Labute approximate surface area is 174 Å². The fraction of sp³-hybridized carbons (Fsp3) is 0.348. The number of halogens is 1. The minimum absolute atomic E-state index is 0.0963. The van der Waals surface area contributed by atoms with Crippen LogP contribution >= 0.6 is 0 Å². The lowest BCUT2D eigenvalue weighted by atomic mass is 10.0. The molecule has 2 amide bonds. The number of benzene rings is 1. The third-order valence-electron chi connectivity index (χ3n) is 5.51. The van der Waals surface area contributed by atoms with E-state index in [0.717, 1.165) is 41.4 Å². The van der Waals surface area contributed by atoms with Gasteiger partial charge >= 0.3 is 0 Å². The van der Waals surface area contributed by atoms with E-state index < -0.39 is 6.04 Å². The van der Waals surface area contributed by atoms with Crippen molar-refractivity contribution in [3.8, 4) is 0 Å². The van der Waals surface area contributed by atoms with E-state index in [1.807, 2.05) is 17.9 Å². The monoisotopic (exact) mass is 408 g/mol. The number of nitrogens with zero attached hydrogens (tertiary/aromatic N) is 2. The summed E-state index contributed by atoms with van der Waals surface area (Å²) in [5.41, 5.74) is 2.81. The Morgan fingerprint density at radius 2 is 1.90 bits per heavy atom. The number of piperidine rings is 1. The molecule has 4 rings (SSSR count). The zero-order valence-corrected chi connectivity index (χ0v) is 17.0. The predicted octanol–water partition coefficient (Wildman–Crippen LogP) is 3.36. The van der Waals surface area contributed by atoms with E-state index in [1.54, 1.807) is 24.4 Å². The number of aromatic nitrogens is 2.